The van der Waals surface area contributed by atoms with Crippen molar-refractivity contribution in [2.45, 2.75) is 19.8 Å². The zero-order chi connectivity index (χ0) is 9.84. The first-order chi connectivity index (χ1) is 6.19. The summed E-state index contributed by atoms with van der Waals surface area (Å²) in [6, 6.07) is 5.99. The molecule has 1 aromatic carbocycles. The number of aliphatic hydroxyl groups excluding tert-OH is 1. The van der Waals surface area contributed by atoms with Crippen molar-refractivity contribution in [1.82, 2.24) is 0 Å². The Labute approximate surface area is 79.2 Å². The quantitative estimate of drug-likeness (QED) is 0.771. The molecule has 72 valence electrons. The summed E-state index contributed by atoms with van der Waals surface area (Å²) in [4.78, 5) is 0. The van der Waals surface area contributed by atoms with Crippen LogP contribution in [0.4, 0.5) is 0 Å². The number of aliphatic hydroxyl groups is 1. The Morgan fingerprint density at radius 3 is 2.62 bits per heavy atom. The standard InChI is InChI=1S/C11H16O2/c1-8-6-10(9(2)7-12)4-5-11(8)13-3/h4-6,9,12H,7H2,1-3H3. The number of rotatable bonds is 3. The van der Waals surface area contributed by atoms with Crippen molar-refractivity contribution >= 4 is 0 Å². The fourth-order valence-electron chi connectivity index (χ4n) is 1.31. The molecular weight excluding hydrogens is 164 g/mol. The van der Waals surface area contributed by atoms with Gasteiger partial charge in [-0.05, 0) is 24.1 Å². The summed E-state index contributed by atoms with van der Waals surface area (Å²) >= 11 is 0. The van der Waals surface area contributed by atoms with Gasteiger partial charge in [0.15, 0.2) is 0 Å². The molecule has 1 rings (SSSR count). The SMILES string of the molecule is COc1ccc(C(C)CO)cc1C. The predicted molar refractivity (Wildman–Crippen MR) is 53.2 cm³/mol. The molecule has 13 heavy (non-hydrogen) atoms. The summed E-state index contributed by atoms with van der Waals surface area (Å²) < 4.78 is 5.15. The maximum atomic E-state index is 8.97. The molecule has 0 saturated heterocycles. The van der Waals surface area contributed by atoms with Crippen molar-refractivity contribution in [3.8, 4) is 5.75 Å². The van der Waals surface area contributed by atoms with Gasteiger partial charge in [0.2, 0.25) is 0 Å². The number of hydrogen-bond donors (Lipinski definition) is 1. The molecule has 0 heterocycles. The van der Waals surface area contributed by atoms with Crippen molar-refractivity contribution in [2.24, 2.45) is 0 Å². The number of aryl methyl sites for hydroxylation is 1. The van der Waals surface area contributed by atoms with Crippen molar-refractivity contribution in [3.05, 3.63) is 29.3 Å². The highest BCUT2D eigenvalue weighted by atomic mass is 16.5. The Bertz CT molecular complexity index is 281. The monoisotopic (exact) mass is 180 g/mol. The highest BCUT2D eigenvalue weighted by Gasteiger charge is 2.05. The molecule has 0 aliphatic rings. The summed E-state index contributed by atoms with van der Waals surface area (Å²) in [7, 11) is 1.66. The molecule has 2 nitrogen and oxygen atoms in total. The van der Waals surface area contributed by atoms with Crippen LogP contribution in [-0.4, -0.2) is 18.8 Å². The normalized spacial score (nSPS) is 12.6. The third-order valence-electron chi connectivity index (χ3n) is 2.26. The molecule has 0 radical (unpaired) electrons. The molecule has 0 aliphatic heterocycles. The minimum atomic E-state index is 0.186. The molecule has 2 heteroatoms. The van der Waals surface area contributed by atoms with Crippen molar-refractivity contribution in [3.63, 3.8) is 0 Å². The van der Waals surface area contributed by atoms with Gasteiger partial charge in [-0.2, -0.15) is 0 Å². The van der Waals surface area contributed by atoms with Gasteiger partial charge in [0.1, 0.15) is 5.75 Å². The van der Waals surface area contributed by atoms with E-state index in [-0.39, 0.29) is 12.5 Å². The topological polar surface area (TPSA) is 29.5 Å². The Balaban J connectivity index is 2.95. The van der Waals surface area contributed by atoms with E-state index in [1.807, 2.05) is 26.0 Å². The number of benzene rings is 1. The van der Waals surface area contributed by atoms with Crippen LogP contribution in [0.3, 0.4) is 0 Å². The Morgan fingerprint density at radius 1 is 1.46 bits per heavy atom. The summed E-state index contributed by atoms with van der Waals surface area (Å²) in [6.45, 7) is 4.19. The zero-order valence-electron chi connectivity index (χ0n) is 8.37. The van der Waals surface area contributed by atoms with E-state index < -0.39 is 0 Å². The van der Waals surface area contributed by atoms with Gasteiger partial charge in [0.25, 0.3) is 0 Å². The molecule has 0 aliphatic carbocycles. The Hall–Kier alpha value is -1.02. The van der Waals surface area contributed by atoms with Crippen LogP contribution in [0.25, 0.3) is 0 Å². The average molecular weight is 180 g/mol. The summed E-state index contributed by atoms with van der Waals surface area (Å²) in [5.41, 5.74) is 2.26. The van der Waals surface area contributed by atoms with Gasteiger partial charge >= 0.3 is 0 Å². The lowest BCUT2D eigenvalue weighted by Gasteiger charge is -2.11. The van der Waals surface area contributed by atoms with Crippen LogP contribution in [0.1, 0.15) is 24.0 Å². The molecule has 0 bridgehead atoms. The van der Waals surface area contributed by atoms with Crippen molar-refractivity contribution < 1.29 is 9.84 Å². The smallest absolute Gasteiger partial charge is 0.121 e. The van der Waals surface area contributed by atoms with Gasteiger partial charge in [0, 0.05) is 12.5 Å². The van der Waals surface area contributed by atoms with Gasteiger partial charge in [-0.1, -0.05) is 19.1 Å². The molecule has 1 N–H and O–H groups in total. The van der Waals surface area contributed by atoms with Gasteiger partial charge in [-0.3, -0.25) is 0 Å². The maximum absolute atomic E-state index is 8.97. The fourth-order valence-corrected chi connectivity index (χ4v) is 1.31. The van der Waals surface area contributed by atoms with Crippen LogP contribution < -0.4 is 4.74 Å². The van der Waals surface area contributed by atoms with Gasteiger partial charge in [0.05, 0.1) is 7.11 Å². The van der Waals surface area contributed by atoms with Gasteiger partial charge in [-0.25, -0.2) is 0 Å². The molecule has 0 aromatic heterocycles. The fraction of sp³-hybridized carbons (Fsp3) is 0.455. The van der Waals surface area contributed by atoms with Crippen LogP contribution in [0, 0.1) is 6.92 Å². The largest absolute Gasteiger partial charge is 0.496 e. The minimum Gasteiger partial charge on any atom is -0.496 e. The second kappa shape index (κ2) is 4.28. The van der Waals surface area contributed by atoms with Gasteiger partial charge < -0.3 is 9.84 Å². The third-order valence-corrected chi connectivity index (χ3v) is 2.26. The third kappa shape index (κ3) is 2.22. The number of hydrogen-bond acceptors (Lipinski definition) is 2. The summed E-state index contributed by atoms with van der Waals surface area (Å²) in [6.07, 6.45) is 0. The molecule has 1 atom stereocenters. The first kappa shape index (κ1) is 10.1. The van der Waals surface area contributed by atoms with Crippen molar-refractivity contribution in [1.29, 1.82) is 0 Å². The lowest BCUT2D eigenvalue weighted by Crippen LogP contribution is -1.99. The predicted octanol–water partition coefficient (Wildman–Crippen LogP) is 2.10. The van der Waals surface area contributed by atoms with E-state index in [0.717, 1.165) is 16.9 Å². The molecule has 1 unspecified atom stereocenters. The Kier molecular flexibility index (Phi) is 3.32. The van der Waals surface area contributed by atoms with Crippen LogP contribution >= 0.6 is 0 Å². The second-order valence-electron chi connectivity index (χ2n) is 3.31. The van der Waals surface area contributed by atoms with E-state index in [2.05, 4.69) is 6.07 Å². The van der Waals surface area contributed by atoms with Gasteiger partial charge in [-0.15, -0.1) is 0 Å². The lowest BCUT2D eigenvalue weighted by molar-refractivity contribution is 0.273. The van der Waals surface area contributed by atoms with Crippen LogP contribution in [0.2, 0.25) is 0 Å². The Morgan fingerprint density at radius 2 is 2.15 bits per heavy atom. The highest BCUT2D eigenvalue weighted by molar-refractivity contribution is 5.37. The first-order valence-corrected chi connectivity index (χ1v) is 4.44. The van der Waals surface area contributed by atoms with E-state index in [1.54, 1.807) is 7.11 Å². The second-order valence-corrected chi connectivity index (χ2v) is 3.31. The van der Waals surface area contributed by atoms with Crippen LogP contribution in [-0.2, 0) is 0 Å². The molecule has 0 saturated carbocycles. The van der Waals surface area contributed by atoms with E-state index in [9.17, 15) is 0 Å². The average Bonchev–Trinajstić information content (AvgIpc) is 2.16. The molecule has 1 aromatic rings. The van der Waals surface area contributed by atoms with E-state index in [4.69, 9.17) is 9.84 Å². The van der Waals surface area contributed by atoms with E-state index in [1.165, 1.54) is 0 Å². The molecular formula is C11H16O2. The zero-order valence-corrected chi connectivity index (χ0v) is 8.37. The summed E-state index contributed by atoms with van der Waals surface area (Å²) in [5, 5.41) is 8.97. The first-order valence-electron chi connectivity index (χ1n) is 4.44. The van der Waals surface area contributed by atoms with E-state index in [0.29, 0.717) is 0 Å². The number of ether oxygens (including phenoxy) is 1. The van der Waals surface area contributed by atoms with Crippen molar-refractivity contribution in [2.75, 3.05) is 13.7 Å². The minimum absolute atomic E-state index is 0.186. The summed E-state index contributed by atoms with van der Waals surface area (Å²) in [5.74, 6) is 1.10. The molecule has 0 amide bonds. The van der Waals surface area contributed by atoms with Crippen LogP contribution in [0.15, 0.2) is 18.2 Å². The number of methoxy groups -OCH3 is 1. The highest BCUT2D eigenvalue weighted by Crippen LogP contribution is 2.22. The lowest BCUT2D eigenvalue weighted by atomic mass is 10.00. The molecule has 0 fully saturated rings. The molecule has 0 spiro atoms. The maximum Gasteiger partial charge on any atom is 0.121 e. The van der Waals surface area contributed by atoms with E-state index >= 15 is 0 Å². The van der Waals surface area contributed by atoms with Crippen LogP contribution in [0.5, 0.6) is 5.75 Å².